The van der Waals surface area contributed by atoms with Crippen LogP contribution in [0.4, 0.5) is 0 Å². The second kappa shape index (κ2) is 3.15. The van der Waals surface area contributed by atoms with Crippen molar-refractivity contribution in [2.75, 3.05) is 7.05 Å². The zero-order chi connectivity index (χ0) is 12.1. The van der Waals surface area contributed by atoms with E-state index in [1.165, 1.54) is 5.01 Å². The lowest BCUT2D eigenvalue weighted by Gasteiger charge is -2.44. The number of fused-ring (bicyclic) bond motifs is 2. The Kier molecular flexibility index (Phi) is 2.23. The molecule has 4 heteroatoms. The molecule has 0 aromatic carbocycles. The van der Waals surface area contributed by atoms with E-state index in [0.717, 1.165) is 18.5 Å². The number of carbonyl (C=O) groups is 1. The first-order chi connectivity index (χ1) is 7.34. The van der Waals surface area contributed by atoms with Gasteiger partial charge in [-0.3, -0.25) is 4.79 Å². The van der Waals surface area contributed by atoms with Gasteiger partial charge in [0.05, 0.1) is 5.29 Å². The number of nitroso groups, excluding NO2 is 1. The smallest absolute Gasteiger partial charge is 0.163 e. The Morgan fingerprint density at radius 2 is 2.06 bits per heavy atom. The standard InChI is InChI=1S/C12H18N2O2/c1-11(2)8-5-6-12(11,3)10(15)7-9(8)14(4)13-16/h7-8H,5-6H2,1-4H3/t8-,12+/m0/s1. The summed E-state index contributed by atoms with van der Waals surface area (Å²) in [5, 5.41) is 4.22. The highest BCUT2D eigenvalue weighted by Gasteiger charge is 2.59. The maximum atomic E-state index is 12.2. The molecule has 1 saturated carbocycles. The fourth-order valence-corrected chi connectivity index (χ4v) is 3.22. The summed E-state index contributed by atoms with van der Waals surface area (Å²) in [6.07, 6.45) is 3.47. The molecule has 2 rings (SSSR count). The molecule has 0 N–H and O–H groups in total. The van der Waals surface area contributed by atoms with Crippen LogP contribution in [0.5, 0.6) is 0 Å². The average Bonchev–Trinajstić information content (AvgIpc) is 2.38. The predicted octanol–water partition coefficient (Wildman–Crippen LogP) is 2.51. The molecule has 0 unspecified atom stereocenters. The van der Waals surface area contributed by atoms with Crippen LogP contribution in [0, 0.1) is 21.7 Å². The van der Waals surface area contributed by atoms with Gasteiger partial charge in [-0.1, -0.05) is 20.8 Å². The van der Waals surface area contributed by atoms with Crippen LogP contribution in [-0.2, 0) is 4.79 Å². The number of hydrogen-bond acceptors (Lipinski definition) is 3. The maximum absolute atomic E-state index is 12.2. The summed E-state index contributed by atoms with van der Waals surface area (Å²) in [5.41, 5.74) is 0.415. The number of rotatable bonds is 2. The van der Waals surface area contributed by atoms with Crippen molar-refractivity contribution >= 4 is 5.78 Å². The van der Waals surface area contributed by atoms with Crippen molar-refractivity contribution in [3.63, 3.8) is 0 Å². The van der Waals surface area contributed by atoms with Crippen LogP contribution in [0.1, 0.15) is 33.6 Å². The average molecular weight is 222 g/mol. The molecule has 2 atom stereocenters. The van der Waals surface area contributed by atoms with Gasteiger partial charge in [-0.25, -0.2) is 5.01 Å². The number of ketones is 1. The largest absolute Gasteiger partial charge is 0.294 e. The summed E-state index contributed by atoms with van der Waals surface area (Å²) in [5.74, 6) is 0.398. The van der Waals surface area contributed by atoms with Crippen molar-refractivity contribution in [1.82, 2.24) is 5.01 Å². The summed E-state index contributed by atoms with van der Waals surface area (Å²) in [7, 11) is 1.61. The monoisotopic (exact) mass is 222 g/mol. The van der Waals surface area contributed by atoms with Gasteiger partial charge in [0.15, 0.2) is 5.78 Å². The Morgan fingerprint density at radius 3 is 2.62 bits per heavy atom. The molecule has 4 nitrogen and oxygen atoms in total. The van der Waals surface area contributed by atoms with Gasteiger partial charge in [0.25, 0.3) is 0 Å². The van der Waals surface area contributed by atoms with E-state index in [4.69, 9.17) is 0 Å². The Bertz CT molecular complexity index is 386. The molecule has 2 aliphatic rings. The van der Waals surface area contributed by atoms with Crippen LogP contribution in [0.2, 0.25) is 0 Å². The highest BCUT2D eigenvalue weighted by atomic mass is 16.3. The first-order valence-electron chi connectivity index (χ1n) is 5.67. The molecule has 0 saturated heterocycles. The second-order valence-corrected chi connectivity index (χ2v) is 5.68. The van der Waals surface area contributed by atoms with E-state index in [2.05, 4.69) is 19.1 Å². The van der Waals surface area contributed by atoms with Gasteiger partial charge in [0.2, 0.25) is 0 Å². The summed E-state index contributed by atoms with van der Waals surface area (Å²) in [6, 6.07) is 0. The first-order valence-corrected chi connectivity index (χ1v) is 5.67. The van der Waals surface area contributed by atoms with Crippen molar-refractivity contribution in [1.29, 1.82) is 0 Å². The van der Waals surface area contributed by atoms with Crippen LogP contribution in [-0.4, -0.2) is 17.8 Å². The van der Waals surface area contributed by atoms with Crippen LogP contribution in [0.25, 0.3) is 0 Å². The van der Waals surface area contributed by atoms with Crippen molar-refractivity contribution in [3.05, 3.63) is 16.7 Å². The zero-order valence-electron chi connectivity index (χ0n) is 10.3. The summed E-state index contributed by atoms with van der Waals surface area (Å²) in [4.78, 5) is 22.8. The Morgan fingerprint density at radius 1 is 1.44 bits per heavy atom. The van der Waals surface area contributed by atoms with E-state index in [9.17, 15) is 9.70 Å². The summed E-state index contributed by atoms with van der Waals surface area (Å²) < 4.78 is 0. The quantitative estimate of drug-likeness (QED) is 0.533. The maximum Gasteiger partial charge on any atom is 0.163 e. The molecule has 0 radical (unpaired) electrons. The van der Waals surface area contributed by atoms with Gasteiger partial charge in [0.1, 0.15) is 0 Å². The minimum Gasteiger partial charge on any atom is -0.294 e. The Hall–Kier alpha value is -1.19. The molecular weight excluding hydrogens is 204 g/mol. The van der Waals surface area contributed by atoms with Gasteiger partial charge < -0.3 is 0 Å². The van der Waals surface area contributed by atoms with Crippen molar-refractivity contribution in [2.45, 2.75) is 33.6 Å². The van der Waals surface area contributed by atoms with Crippen molar-refractivity contribution in [3.8, 4) is 0 Å². The van der Waals surface area contributed by atoms with Gasteiger partial charge in [0, 0.05) is 30.2 Å². The van der Waals surface area contributed by atoms with Crippen LogP contribution in [0.15, 0.2) is 17.1 Å². The highest BCUT2D eigenvalue weighted by Crippen LogP contribution is 2.61. The fraction of sp³-hybridized carbons (Fsp3) is 0.750. The van der Waals surface area contributed by atoms with Gasteiger partial charge in [-0.2, -0.15) is 0 Å². The second-order valence-electron chi connectivity index (χ2n) is 5.68. The molecule has 1 fully saturated rings. The predicted molar refractivity (Wildman–Crippen MR) is 61.3 cm³/mol. The molecule has 88 valence electrons. The molecular formula is C12H18N2O2. The molecule has 0 amide bonds. The zero-order valence-corrected chi connectivity index (χ0v) is 10.3. The molecule has 0 heterocycles. The Balaban J connectivity index is 2.51. The third kappa shape index (κ3) is 1.13. The minimum absolute atomic E-state index is 0.0902. The van der Waals surface area contributed by atoms with Crippen molar-refractivity contribution < 1.29 is 4.79 Å². The Labute approximate surface area is 95.6 Å². The molecule has 0 aromatic rings. The third-order valence-electron chi connectivity index (χ3n) is 4.90. The van der Waals surface area contributed by atoms with Gasteiger partial charge >= 0.3 is 0 Å². The molecule has 2 aliphatic carbocycles. The van der Waals surface area contributed by atoms with E-state index >= 15 is 0 Å². The molecule has 0 spiro atoms. The lowest BCUT2D eigenvalue weighted by molar-refractivity contribution is -0.129. The van der Waals surface area contributed by atoms with E-state index in [1.54, 1.807) is 13.1 Å². The molecule has 0 aromatic heterocycles. The highest BCUT2D eigenvalue weighted by molar-refractivity contribution is 5.97. The van der Waals surface area contributed by atoms with Crippen molar-refractivity contribution in [2.24, 2.45) is 22.0 Å². The SMILES string of the molecule is CN(N=O)C1=CC(=O)[C@@]2(C)CC[C@@H]1C2(C)C. The topological polar surface area (TPSA) is 49.7 Å². The number of hydrogen-bond donors (Lipinski definition) is 0. The third-order valence-corrected chi connectivity index (χ3v) is 4.90. The van der Waals surface area contributed by atoms with E-state index < -0.39 is 0 Å². The summed E-state index contributed by atoms with van der Waals surface area (Å²) >= 11 is 0. The molecule has 16 heavy (non-hydrogen) atoms. The fourth-order valence-electron chi connectivity index (χ4n) is 3.22. The summed E-state index contributed by atoms with van der Waals surface area (Å²) in [6.45, 7) is 6.28. The van der Waals surface area contributed by atoms with E-state index in [1.807, 2.05) is 6.92 Å². The van der Waals surface area contributed by atoms with Crippen LogP contribution >= 0.6 is 0 Å². The lowest BCUT2D eigenvalue weighted by atomic mass is 9.60. The number of carbonyl (C=O) groups excluding carboxylic acids is 1. The van der Waals surface area contributed by atoms with Gasteiger partial charge in [-0.15, -0.1) is 4.91 Å². The lowest BCUT2D eigenvalue weighted by Crippen LogP contribution is -2.45. The molecule has 2 bridgehead atoms. The van der Waals surface area contributed by atoms with E-state index in [-0.39, 0.29) is 22.5 Å². The normalized spacial score (nSPS) is 35.9. The number of nitrogens with zero attached hydrogens (tertiary/aromatic N) is 2. The molecule has 0 aliphatic heterocycles. The van der Waals surface area contributed by atoms with E-state index in [0.29, 0.717) is 0 Å². The minimum atomic E-state index is -0.273. The van der Waals surface area contributed by atoms with Gasteiger partial charge in [-0.05, 0) is 18.3 Å². The van der Waals surface area contributed by atoms with Crippen LogP contribution in [0.3, 0.4) is 0 Å². The van der Waals surface area contributed by atoms with Crippen LogP contribution < -0.4 is 0 Å². The first kappa shape index (κ1) is 11.3. The number of allylic oxidation sites excluding steroid dienone is 2.